The highest BCUT2D eigenvalue weighted by atomic mass is 35.5. The number of imidazole rings is 1. The molecule has 1 aliphatic rings. The summed E-state index contributed by atoms with van der Waals surface area (Å²) in [6.45, 7) is 0.736. The van der Waals surface area contributed by atoms with Gasteiger partial charge in [0.15, 0.2) is 0 Å². The number of hydrogen-bond donors (Lipinski definition) is 1. The van der Waals surface area contributed by atoms with Crippen LogP contribution in [0.5, 0.6) is 0 Å². The van der Waals surface area contributed by atoms with E-state index in [0.717, 1.165) is 21.9 Å². The van der Waals surface area contributed by atoms with Gasteiger partial charge in [0.05, 0.1) is 17.6 Å². The third-order valence-electron chi connectivity index (χ3n) is 4.03. The highest BCUT2D eigenvalue weighted by Gasteiger charge is 2.22. The molecule has 1 heterocycles. The van der Waals surface area contributed by atoms with Crippen LogP contribution in [0, 0.1) is 0 Å². The van der Waals surface area contributed by atoms with Crippen LogP contribution >= 0.6 is 11.6 Å². The molecule has 1 saturated carbocycles. The van der Waals surface area contributed by atoms with E-state index in [1.54, 1.807) is 0 Å². The number of rotatable bonds is 3. The van der Waals surface area contributed by atoms with Gasteiger partial charge in [-0.2, -0.15) is 0 Å². The summed E-state index contributed by atoms with van der Waals surface area (Å²) in [6.07, 6.45) is 6.33. The van der Waals surface area contributed by atoms with Crippen LogP contribution in [0.4, 0.5) is 0 Å². The summed E-state index contributed by atoms with van der Waals surface area (Å²) in [4.78, 5) is 4.79. The maximum atomic E-state index is 9.31. The van der Waals surface area contributed by atoms with Crippen LogP contribution in [0.2, 0.25) is 5.02 Å². The molecular weight excluding hydrogens is 260 g/mol. The van der Waals surface area contributed by atoms with Crippen molar-refractivity contribution in [2.75, 3.05) is 6.61 Å². The molecule has 1 aromatic heterocycles. The van der Waals surface area contributed by atoms with Gasteiger partial charge in [-0.25, -0.2) is 4.98 Å². The Morgan fingerprint density at radius 3 is 2.79 bits per heavy atom. The zero-order chi connectivity index (χ0) is 13.2. The van der Waals surface area contributed by atoms with Gasteiger partial charge < -0.3 is 9.67 Å². The smallest absolute Gasteiger partial charge is 0.113 e. The summed E-state index contributed by atoms with van der Waals surface area (Å²) in [5.41, 5.74) is 2.03. The highest BCUT2D eigenvalue weighted by Crippen LogP contribution is 2.34. The van der Waals surface area contributed by atoms with Gasteiger partial charge in [0.2, 0.25) is 0 Å². The van der Waals surface area contributed by atoms with E-state index < -0.39 is 0 Å². The van der Waals surface area contributed by atoms with E-state index in [9.17, 15) is 5.11 Å². The highest BCUT2D eigenvalue weighted by molar-refractivity contribution is 6.31. The van der Waals surface area contributed by atoms with Crippen molar-refractivity contribution in [2.45, 2.75) is 44.6 Å². The third kappa shape index (κ3) is 2.49. The monoisotopic (exact) mass is 278 g/mol. The maximum Gasteiger partial charge on any atom is 0.113 e. The van der Waals surface area contributed by atoms with Gasteiger partial charge in [-0.05, 0) is 31.0 Å². The normalized spacial score (nSPS) is 17.2. The molecule has 0 amide bonds. The number of halogens is 1. The van der Waals surface area contributed by atoms with Gasteiger partial charge in [0, 0.05) is 17.5 Å². The Morgan fingerprint density at radius 1 is 1.26 bits per heavy atom. The SMILES string of the molecule is OCCn1c(C2CCCCC2)nc2ccc(Cl)cc21. The number of aromatic nitrogens is 2. The molecule has 1 aliphatic carbocycles. The Morgan fingerprint density at radius 2 is 2.05 bits per heavy atom. The zero-order valence-corrected chi connectivity index (χ0v) is 11.7. The minimum absolute atomic E-state index is 0.137. The lowest BCUT2D eigenvalue weighted by Crippen LogP contribution is -2.13. The summed E-state index contributed by atoms with van der Waals surface area (Å²) in [7, 11) is 0. The molecular formula is C15H19ClN2O. The molecule has 19 heavy (non-hydrogen) atoms. The first-order valence-corrected chi connectivity index (χ1v) is 7.44. The largest absolute Gasteiger partial charge is 0.395 e. The first-order chi connectivity index (χ1) is 9.29. The molecule has 1 fully saturated rings. The van der Waals surface area contributed by atoms with E-state index in [1.807, 2.05) is 18.2 Å². The molecule has 0 aliphatic heterocycles. The van der Waals surface area contributed by atoms with E-state index in [-0.39, 0.29) is 6.61 Å². The van der Waals surface area contributed by atoms with Crippen molar-refractivity contribution >= 4 is 22.6 Å². The first-order valence-electron chi connectivity index (χ1n) is 7.06. The quantitative estimate of drug-likeness (QED) is 0.929. The molecule has 1 N–H and O–H groups in total. The standard InChI is InChI=1S/C15H19ClN2O/c16-12-6-7-13-14(10-12)18(8-9-19)15(17-13)11-4-2-1-3-5-11/h6-7,10-11,19H,1-5,8-9H2. The molecule has 0 radical (unpaired) electrons. The van der Waals surface area contributed by atoms with E-state index in [0.29, 0.717) is 12.5 Å². The Bertz CT molecular complexity index is 573. The molecule has 0 atom stereocenters. The van der Waals surface area contributed by atoms with Gasteiger partial charge in [-0.15, -0.1) is 0 Å². The third-order valence-corrected chi connectivity index (χ3v) is 4.27. The molecule has 3 nitrogen and oxygen atoms in total. The minimum Gasteiger partial charge on any atom is -0.395 e. The summed E-state index contributed by atoms with van der Waals surface area (Å²) in [6, 6.07) is 5.80. The van der Waals surface area contributed by atoms with Crippen LogP contribution in [-0.4, -0.2) is 21.3 Å². The van der Waals surface area contributed by atoms with Gasteiger partial charge in [0.1, 0.15) is 5.82 Å². The van der Waals surface area contributed by atoms with Crippen LogP contribution in [0.25, 0.3) is 11.0 Å². The molecule has 1 aromatic carbocycles. The lowest BCUT2D eigenvalue weighted by molar-refractivity contribution is 0.273. The molecule has 2 aromatic rings. The van der Waals surface area contributed by atoms with Gasteiger partial charge in [0.25, 0.3) is 0 Å². The Labute approximate surface area is 118 Å². The maximum absolute atomic E-state index is 9.31. The lowest BCUT2D eigenvalue weighted by atomic mass is 9.88. The Balaban J connectivity index is 2.08. The van der Waals surface area contributed by atoms with Crippen molar-refractivity contribution in [3.05, 3.63) is 29.0 Å². The summed E-state index contributed by atoms with van der Waals surface area (Å²) < 4.78 is 2.15. The second kappa shape index (κ2) is 5.51. The van der Waals surface area contributed by atoms with Crippen molar-refractivity contribution in [3.8, 4) is 0 Å². The first kappa shape index (κ1) is 12.9. The van der Waals surface area contributed by atoms with Crippen LogP contribution in [0.3, 0.4) is 0 Å². The second-order valence-electron chi connectivity index (χ2n) is 5.31. The number of benzene rings is 1. The van der Waals surface area contributed by atoms with Crippen molar-refractivity contribution in [1.82, 2.24) is 9.55 Å². The number of nitrogens with zero attached hydrogens (tertiary/aromatic N) is 2. The van der Waals surface area contributed by atoms with Gasteiger partial charge in [-0.1, -0.05) is 30.9 Å². The van der Waals surface area contributed by atoms with Crippen molar-refractivity contribution in [1.29, 1.82) is 0 Å². The number of fused-ring (bicyclic) bond motifs is 1. The molecule has 3 rings (SSSR count). The predicted molar refractivity (Wildman–Crippen MR) is 77.7 cm³/mol. The lowest BCUT2D eigenvalue weighted by Gasteiger charge is -2.22. The molecule has 0 unspecified atom stereocenters. The van der Waals surface area contributed by atoms with E-state index >= 15 is 0 Å². The van der Waals surface area contributed by atoms with Crippen LogP contribution in [0.15, 0.2) is 18.2 Å². The molecule has 4 heteroatoms. The van der Waals surface area contributed by atoms with Crippen LogP contribution in [-0.2, 0) is 6.54 Å². The average molecular weight is 279 g/mol. The van der Waals surface area contributed by atoms with Crippen molar-refractivity contribution in [2.24, 2.45) is 0 Å². The zero-order valence-electron chi connectivity index (χ0n) is 11.0. The van der Waals surface area contributed by atoms with Gasteiger partial charge >= 0.3 is 0 Å². The van der Waals surface area contributed by atoms with Crippen LogP contribution in [0.1, 0.15) is 43.8 Å². The Hall–Kier alpha value is -1.06. The second-order valence-corrected chi connectivity index (χ2v) is 5.75. The predicted octanol–water partition coefficient (Wildman–Crippen LogP) is 3.73. The number of hydrogen-bond acceptors (Lipinski definition) is 2. The number of aliphatic hydroxyl groups excluding tert-OH is 1. The average Bonchev–Trinajstić information content (AvgIpc) is 2.79. The van der Waals surface area contributed by atoms with Crippen molar-refractivity contribution < 1.29 is 5.11 Å². The van der Waals surface area contributed by atoms with E-state index in [4.69, 9.17) is 16.6 Å². The van der Waals surface area contributed by atoms with Crippen LogP contribution < -0.4 is 0 Å². The van der Waals surface area contributed by atoms with E-state index in [2.05, 4.69) is 4.57 Å². The minimum atomic E-state index is 0.137. The molecule has 0 spiro atoms. The molecule has 0 saturated heterocycles. The molecule has 102 valence electrons. The topological polar surface area (TPSA) is 38.0 Å². The van der Waals surface area contributed by atoms with E-state index in [1.165, 1.54) is 32.1 Å². The summed E-state index contributed by atoms with van der Waals surface area (Å²) in [5, 5.41) is 10.0. The van der Waals surface area contributed by atoms with Crippen molar-refractivity contribution in [3.63, 3.8) is 0 Å². The molecule has 0 bridgehead atoms. The summed E-state index contributed by atoms with van der Waals surface area (Å²) in [5.74, 6) is 1.66. The fraction of sp³-hybridized carbons (Fsp3) is 0.533. The fourth-order valence-electron chi connectivity index (χ4n) is 3.12. The number of aliphatic hydroxyl groups is 1. The summed E-state index contributed by atoms with van der Waals surface area (Å²) >= 11 is 6.08. The Kier molecular flexibility index (Phi) is 3.76. The fourth-order valence-corrected chi connectivity index (χ4v) is 3.29. The van der Waals surface area contributed by atoms with Gasteiger partial charge in [-0.3, -0.25) is 0 Å².